The Kier molecular flexibility index (Phi) is 12.6. The number of aliphatic hydroxyl groups excluding tert-OH is 2. The summed E-state index contributed by atoms with van der Waals surface area (Å²) in [4.78, 5) is 58.2. The number of hydrogen-bond donors (Lipinski definition) is 8. The third-order valence-electron chi connectivity index (χ3n) is 3.62. The van der Waals surface area contributed by atoms with Gasteiger partial charge in [-0.3, -0.25) is 19.2 Å². The molecule has 14 heteroatoms. The fraction of sp³-hybridized carbons (Fsp3) is 0.667. The van der Waals surface area contributed by atoms with Crippen molar-refractivity contribution in [1.82, 2.24) is 16.0 Å². The zero-order valence-corrected chi connectivity index (χ0v) is 16.6. The molecule has 4 atom stereocenters. The highest BCUT2D eigenvalue weighted by Crippen LogP contribution is 2.00. The molecule has 0 aromatic carbocycles. The van der Waals surface area contributed by atoms with Gasteiger partial charge in [-0.25, -0.2) is 4.79 Å². The highest BCUT2D eigenvalue weighted by Gasteiger charge is 2.30. The van der Waals surface area contributed by atoms with Crippen LogP contribution in [-0.4, -0.2) is 94.3 Å². The van der Waals surface area contributed by atoms with Gasteiger partial charge in [-0.1, -0.05) is 0 Å². The minimum absolute atomic E-state index is 0.338. The molecule has 0 aliphatic heterocycles. The first-order valence-electron chi connectivity index (χ1n) is 8.45. The molecule has 0 aromatic heterocycles. The number of amides is 4. The van der Waals surface area contributed by atoms with E-state index in [1.807, 2.05) is 11.6 Å². The first-order chi connectivity index (χ1) is 13.6. The summed E-state index contributed by atoms with van der Waals surface area (Å²) in [6.45, 7) is -1.73. The number of carbonyl (C=O) groups is 5. The summed E-state index contributed by atoms with van der Waals surface area (Å²) in [6, 6.07) is -5.63. The number of thioether (sulfide) groups is 1. The lowest BCUT2D eigenvalue weighted by molar-refractivity contribution is -0.144. The van der Waals surface area contributed by atoms with Crippen molar-refractivity contribution in [3.8, 4) is 0 Å². The van der Waals surface area contributed by atoms with Gasteiger partial charge in [0.2, 0.25) is 23.6 Å². The molecule has 4 unspecified atom stereocenters. The average Bonchev–Trinajstić information content (AvgIpc) is 2.66. The van der Waals surface area contributed by atoms with E-state index in [1.54, 1.807) is 0 Å². The summed E-state index contributed by atoms with van der Waals surface area (Å²) >= 11 is 1.47. The fourth-order valence-electron chi connectivity index (χ4n) is 1.99. The topological polar surface area (TPSA) is 234 Å². The van der Waals surface area contributed by atoms with Crippen LogP contribution in [0.2, 0.25) is 0 Å². The predicted molar refractivity (Wildman–Crippen MR) is 102 cm³/mol. The summed E-state index contributed by atoms with van der Waals surface area (Å²) in [5.74, 6) is -4.72. The minimum Gasteiger partial charge on any atom is -0.480 e. The van der Waals surface area contributed by atoms with Crippen LogP contribution in [0.25, 0.3) is 0 Å². The Morgan fingerprint density at radius 2 is 1.34 bits per heavy atom. The van der Waals surface area contributed by atoms with Crippen molar-refractivity contribution in [3.63, 3.8) is 0 Å². The van der Waals surface area contributed by atoms with Gasteiger partial charge in [-0.15, -0.1) is 0 Å². The van der Waals surface area contributed by atoms with E-state index in [0.29, 0.717) is 12.2 Å². The molecular weight excluding hydrogens is 410 g/mol. The normalized spacial score (nSPS) is 14.8. The molecule has 0 rings (SSSR count). The number of aliphatic hydroxyl groups is 2. The summed E-state index contributed by atoms with van der Waals surface area (Å²) in [5.41, 5.74) is 10.6. The number of carboxylic acid groups (broad SMARTS) is 1. The van der Waals surface area contributed by atoms with Crippen LogP contribution in [0.1, 0.15) is 12.8 Å². The van der Waals surface area contributed by atoms with E-state index < -0.39 is 73.4 Å². The number of nitrogens with one attached hydrogen (secondary N) is 3. The fourth-order valence-corrected chi connectivity index (χ4v) is 2.48. The third-order valence-corrected chi connectivity index (χ3v) is 4.26. The number of rotatable bonds is 14. The standard InChI is InChI=1S/C15H27N5O8S/c1-29-3-2-7(16)12(24)19-9(5-21)14(26)20-10(6-22)13(25)18-8(15(27)28)4-11(17)23/h7-10,21-22H,2-6,16H2,1H3,(H2,17,23)(H,18,25)(H,19,24)(H,20,26)(H,27,28). The van der Waals surface area contributed by atoms with E-state index in [1.165, 1.54) is 11.8 Å². The lowest BCUT2D eigenvalue weighted by atomic mass is 10.1. The minimum atomic E-state index is -1.66. The molecule has 0 saturated carbocycles. The highest BCUT2D eigenvalue weighted by atomic mass is 32.2. The summed E-state index contributed by atoms with van der Waals surface area (Å²) in [7, 11) is 0. The number of aliphatic carboxylic acids is 1. The van der Waals surface area contributed by atoms with Crippen LogP contribution < -0.4 is 27.4 Å². The lowest BCUT2D eigenvalue weighted by Gasteiger charge is -2.23. The summed E-state index contributed by atoms with van der Waals surface area (Å²) < 4.78 is 0. The molecule has 13 nitrogen and oxygen atoms in total. The number of carbonyl (C=O) groups excluding carboxylic acids is 4. The maximum absolute atomic E-state index is 12.2. The monoisotopic (exact) mass is 437 g/mol. The van der Waals surface area contributed by atoms with E-state index >= 15 is 0 Å². The molecule has 29 heavy (non-hydrogen) atoms. The van der Waals surface area contributed by atoms with Crippen LogP contribution in [0.4, 0.5) is 0 Å². The zero-order valence-electron chi connectivity index (χ0n) is 15.8. The van der Waals surface area contributed by atoms with Crippen molar-refractivity contribution in [2.75, 3.05) is 25.2 Å². The Labute approximate surface area is 170 Å². The maximum atomic E-state index is 12.2. The first-order valence-corrected chi connectivity index (χ1v) is 9.85. The second kappa shape index (κ2) is 13.7. The van der Waals surface area contributed by atoms with Crippen LogP contribution >= 0.6 is 11.8 Å². The van der Waals surface area contributed by atoms with E-state index in [4.69, 9.17) is 16.6 Å². The Balaban J connectivity index is 4.95. The molecule has 0 fully saturated rings. The molecule has 0 saturated heterocycles. The molecule has 4 amide bonds. The van der Waals surface area contributed by atoms with Crippen LogP contribution in [0.5, 0.6) is 0 Å². The second-order valence-electron chi connectivity index (χ2n) is 5.95. The summed E-state index contributed by atoms with van der Waals surface area (Å²) in [5, 5.41) is 33.9. The number of nitrogens with two attached hydrogens (primary N) is 2. The van der Waals surface area contributed by atoms with E-state index in [2.05, 4.69) is 10.6 Å². The van der Waals surface area contributed by atoms with Crippen molar-refractivity contribution in [2.45, 2.75) is 37.0 Å². The molecule has 0 aromatic rings. The van der Waals surface area contributed by atoms with Crippen molar-refractivity contribution in [2.24, 2.45) is 11.5 Å². The molecule has 0 aliphatic rings. The second-order valence-corrected chi connectivity index (χ2v) is 6.93. The predicted octanol–water partition coefficient (Wildman–Crippen LogP) is -4.53. The SMILES string of the molecule is CSCCC(N)C(=O)NC(CO)C(=O)NC(CO)C(=O)NC(CC(N)=O)C(=O)O. The van der Waals surface area contributed by atoms with Crippen LogP contribution in [-0.2, 0) is 24.0 Å². The van der Waals surface area contributed by atoms with Crippen molar-refractivity contribution in [3.05, 3.63) is 0 Å². The molecule has 0 heterocycles. The van der Waals surface area contributed by atoms with Gasteiger partial charge in [0.25, 0.3) is 0 Å². The Bertz CT molecular complexity index is 605. The van der Waals surface area contributed by atoms with E-state index in [-0.39, 0.29) is 0 Å². The van der Waals surface area contributed by atoms with Crippen molar-refractivity contribution in [1.29, 1.82) is 0 Å². The number of hydrogen-bond acceptors (Lipinski definition) is 9. The van der Waals surface area contributed by atoms with Crippen LogP contribution in [0, 0.1) is 0 Å². The molecule has 166 valence electrons. The molecule has 0 aliphatic carbocycles. The molecule has 10 N–H and O–H groups in total. The molecule has 0 spiro atoms. The largest absolute Gasteiger partial charge is 0.480 e. The zero-order chi connectivity index (χ0) is 22.6. The van der Waals surface area contributed by atoms with E-state index in [0.717, 1.165) is 0 Å². The molecule has 0 radical (unpaired) electrons. The first kappa shape index (κ1) is 26.6. The molecule has 0 bridgehead atoms. The summed E-state index contributed by atoms with van der Waals surface area (Å²) in [6.07, 6.45) is 1.47. The Morgan fingerprint density at radius 1 is 0.897 bits per heavy atom. The smallest absolute Gasteiger partial charge is 0.326 e. The third kappa shape index (κ3) is 10.1. The van der Waals surface area contributed by atoms with Gasteiger partial charge in [-0.05, 0) is 18.4 Å². The van der Waals surface area contributed by atoms with Crippen LogP contribution in [0.15, 0.2) is 0 Å². The maximum Gasteiger partial charge on any atom is 0.326 e. The molecular formula is C15H27N5O8S. The van der Waals surface area contributed by atoms with Gasteiger partial charge in [0, 0.05) is 0 Å². The van der Waals surface area contributed by atoms with Crippen molar-refractivity contribution >= 4 is 41.4 Å². The van der Waals surface area contributed by atoms with E-state index in [9.17, 15) is 34.2 Å². The van der Waals surface area contributed by atoms with Gasteiger partial charge in [0.15, 0.2) is 0 Å². The highest BCUT2D eigenvalue weighted by molar-refractivity contribution is 7.98. The van der Waals surface area contributed by atoms with Gasteiger partial charge in [0.05, 0.1) is 25.7 Å². The number of primary amides is 1. The Hall–Kier alpha value is -2.42. The van der Waals surface area contributed by atoms with Gasteiger partial charge in [0.1, 0.15) is 18.1 Å². The lowest BCUT2D eigenvalue weighted by Crippen LogP contribution is -2.59. The van der Waals surface area contributed by atoms with Crippen molar-refractivity contribution < 1.29 is 39.3 Å². The number of carboxylic acids is 1. The average molecular weight is 437 g/mol. The Morgan fingerprint density at radius 3 is 1.72 bits per heavy atom. The van der Waals surface area contributed by atoms with Gasteiger partial charge in [-0.2, -0.15) is 11.8 Å². The van der Waals surface area contributed by atoms with Gasteiger partial charge >= 0.3 is 5.97 Å². The van der Waals surface area contributed by atoms with Gasteiger partial charge < -0.3 is 42.7 Å². The quantitative estimate of drug-likeness (QED) is 0.130. The van der Waals surface area contributed by atoms with Crippen LogP contribution in [0.3, 0.4) is 0 Å².